The lowest BCUT2D eigenvalue weighted by molar-refractivity contribution is -0.182. The van der Waals surface area contributed by atoms with Gasteiger partial charge in [0.25, 0.3) is 0 Å². The van der Waals surface area contributed by atoms with Crippen molar-refractivity contribution in [3.05, 3.63) is 41.9 Å². The second-order valence-electron chi connectivity index (χ2n) is 7.74. The molecule has 0 aromatic carbocycles. The molecule has 6 nitrogen and oxygen atoms in total. The Morgan fingerprint density at radius 2 is 2.23 bits per heavy atom. The van der Waals surface area contributed by atoms with Gasteiger partial charge in [0.15, 0.2) is 0 Å². The topological polar surface area (TPSA) is 52.4 Å². The van der Waals surface area contributed by atoms with Crippen LogP contribution in [0.5, 0.6) is 5.88 Å². The first-order valence-corrected chi connectivity index (χ1v) is 9.52. The lowest BCUT2D eigenvalue weighted by Crippen LogP contribution is -2.64. The number of ether oxygens (including phenoxy) is 2. The van der Waals surface area contributed by atoms with Crippen LogP contribution >= 0.6 is 0 Å². The van der Waals surface area contributed by atoms with E-state index >= 15 is 0 Å². The third-order valence-corrected chi connectivity index (χ3v) is 5.52. The molecule has 6 heteroatoms. The van der Waals surface area contributed by atoms with Gasteiger partial charge < -0.3 is 9.47 Å². The Kier molecular flexibility index (Phi) is 4.96. The van der Waals surface area contributed by atoms with E-state index in [1.807, 2.05) is 36.9 Å². The molecule has 4 rings (SSSR count). The van der Waals surface area contributed by atoms with Gasteiger partial charge in [0.05, 0.1) is 23.6 Å². The van der Waals surface area contributed by atoms with Crippen LogP contribution in [0.15, 0.2) is 30.5 Å². The van der Waals surface area contributed by atoms with Crippen molar-refractivity contribution in [3.8, 4) is 5.88 Å². The Hall–Kier alpha value is -1.92. The maximum absolute atomic E-state index is 6.18. The standard InChI is InChI=1S/C20H28N4O2/c1-16-11-18(23(2)22-16)13-24-14-20(15-24)12-17(7-10-26-20)6-9-25-19-5-3-4-8-21-19/h3-5,8,11,17H,6-7,9-10,12-15H2,1-2H3/t17-/m1/s1. The molecule has 2 aromatic rings. The molecule has 2 aromatic heterocycles. The van der Waals surface area contributed by atoms with Gasteiger partial charge in [0, 0.05) is 45.6 Å². The van der Waals surface area contributed by atoms with Crippen molar-refractivity contribution in [2.75, 3.05) is 26.3 Å². The molecule has 0 bridgehead atoms. The predicted octanol–water partition coefficient (Wildman–Crippen LogP) is 2.57. The van der Waals surface area contributed by atoms with E-state index in [4.69, 9.17) is 9.47 Å². The molecule has 4 heterocycles. The van der Waals surface area contributed by atoms with Gasteiger partial charge in [-0.1, -0.05) is 6.07 Å². The fraction of sp³-hybridized carbons (Fsp3) is 0.600. The minimum Gasteiger partial charge on any atom is -0.478 e. The van der Waals surface area contributed by atoms with E-state index in [-0.39, 0.29) is 5.60 Å². The molecule has 140 valence electrons. The normalized spacial score (nSPS) is 22.3. The quantitative estimate of drug-likeness (QED) is 0.796. The Morgan fingerprint density at radius 3 is 2.96 bits per heavy atom. The summed E-state index contributed by atoms with van der Waals surface area (Å²) in [5.74, 6) is 1.39. The summed E-state index contributed by atoms with van der Waals surface area (Å²) in [7, 11) is 2.02. The van der Waals surface area contributed by atoms with Crippen LogP contribution in [0.3, 0.4) is 0 Å². The van der Waals surface area contributed by atoms with Crippen LogP contribution in [0.25, 0.3) is 0 Å². The van der Waals surface area contributed by atoms with Crippen molar-refractivity contribution in [3.63, 3.8) is 0 Å². The zero-order valence-electron chi connectivity index (χ0n) is 15.7. The summed E-state index contributed by atoms with van der Waals surface area (Å²) >= 11 is 0. The third kappa shape index (κ3) is 3.91. The summed E-state index contributed by atoms with van der Waals surface area (Å²) in [5.41, 5.74) is 2.41. The number of aryl methyl sites for hydroxylation is 2. The monoisotopic (exact) mass is 356 g/mol. The van der Waals surface area contributed by atoms with Crippen LogP contribution in [0.1, 0.15) is 30.7 Å². The average Bonchev–Trinajstić information content (AvgIpc) is 2.92. The van der Waals surface area contributed by atoms with Gasteiger partial charge in [-0.2, -0.15) is 5.10 Å². The van der Waals surface area contributed by atoms with Crippen molar-refractivity contribution in [2.24, 2.45) is 13.0 Å². The molecular formula is C20H28N4O2. The van der Waals surface area contributed by atoms with Crippen LogP contribution < -0.4 is 4.74 Å². The molecule has 2 aliphatic rings. The highest BCUT2D eigenvalue weighted by atomic mass is 16.5. The molecule has 0 unspecified atom stereocenters. The van der Waals surface area contributed by atoms with Crippen molar-refractivity contribution in [2.45, 2.75) is 38.3 Å². The molecule has 2 aliphatic heterocycles. The highest BCUT2D eigenvalue weighted by molar-refractivity contribution is 5.11. The lowest BCUT2D eigenvalue weighted by Gasteiger charge is -2.53. The maximum atomic E-state index is 6.18. The summed E-state index contributed by atoms with van der Waals surface area (Å²) in [6.07, 6.45) is 5.11. The Balaban J connectivity index is 1.23. The van der Waals surface area contributed by atoms with Crippen LogP contribution in [0.2, 0.25) is 0 Å². The van der Waals surface area contributed by atoms with Crippen molar-refractivity contribution in [1.29, 1.82) is 0 Å². The van der Waals surface area contributed by atoms with E-state index in [2.05, 4.69) is 21.0 Å². The minimum atomic E-state index is 0.0571. The molecule has 0 radical (unpaired) electrons. The first kappa shape index (κ1) is 17.5. The van der Waals surface area contributed by atoms with E-state index < -0.39 is 0 Å². The first-order valence-electron chi connectivity index (χ1n) is 9.52. The van der Waals surface area contributed by atoms with E-state index in [1.54, 1.807) is 6.20 Å². The van der Waals surface area contributed by atoms with Gasteiger partial charge in [0.2, 0.25) is 5.88 Å². The highest BCUT2D eigenvalue weighted by Crippen LogP contribution is 2.38. The molecule has 0 saturated carbocycles. The molecular weight excluding hydrogens is 328 g/mol. The number of likely N-dealkylation sites (tertiary alicyclic amines) is 1. The zero-order chi connectivity index (χ0) is 18.0. The van der Waals surface area contributed by atoms with Gasteiger partial charge >= 0.3 is 0 Å². The molecule has 2 saturated heterocycles. The number of nitrogens with zero attached hydrogens (tertiary/aromatic N) is 4. The van der Waals surface area contributed by atoms with Gasteiger partial charge in [-0.05, 0) is 44.2 Å². The fourth-order valence-corrected chi connectivity index (χ4v) is 4.28. The van der Waals surface area contributed by atoms with Crippen LogP contribution in [-0.2, 0) is 18.3 Å². The number of hydrogen-bond acceptors (Lipinski definition) is 5. The molecule has 0 N–H and O–H groups in total. The number of rotatable bonds is 6. The summed E-state index contributed by atoms with van der Waals surface area (Å²) in [4.78, 5) is 6.68. The SMILES string of the molecule is Cc1cc(CN2CC3(C[C@H](CCOc4ccccn4)CCO3)C2)n(C)n1. The van der Waals surface area contributed by atoms with E-state index in [1.165, 1.54) is 5.69 Å². The largest absolute Gasteiger partial charge is 0.478 e. The Morgan fingerprint density at radius 1 is 1.35 bits per heavy atom. The smallest absolute Gasteiger partial charge is 0.213 e. The maximum Gasteiger partial charge on any atom is 0.213 e. The minimum absolute atomic E-state index is 0.0571. The number of pyridine rings is 1. The second-order valence-corrected chi connectivity index (χ2v) is 7.74. The molecule has 0 aliphatic carbocycles. The first-order chi connectivity index (χ1) is 12.6. The fourth-order valence-electron chi connectivity index (χ4n) is 4.28. The Bertz CT molecular complexity index is 725. The molecule has 2 fully saturated rings. The van der Waals surface area contributed by atoms with Crippen LogP contribution in [-0.4, -0.2) is 51.6 Å². The Labute approximate surface area is 155 Å². The van der Waals surface area contributed by atoms with E-state index in [0.29, 0.717) is 5.92 Å². The van der Waals surface area contributed by atoms with Gasteiger partial charge in [0.1, 0.15) is 0 Å². The number of hydrogen-bond donors (Lipinski definition) is 0. The van der Waals surface area contributed by atoms with Crippen LogP contribution in [0, 0.1) is 12.8 Å². The van der Waals surface area contributed by atoms with Gasteiger partial charge in [-0.25, -0.2) is 4.98 Å². The summed E-state index contributed by atoms with van der Waals surface area (Å²) < 4.78 is 13.9. The summed E-state index contributed by atoms with van der Waals surface area (Å²) in [5, 5.41) is 4.44. The molecule has 1 spiro atoms. The summed E-state index contributed by atoms with van der Waals surface area (Å²) in [6, 6.07) is 7.95. The molecule has 1 atom stereocenters. The van der Waals surface area contributed by atoms with Crippen LogP contribution in [0.4, 0.5) is 0 Å². The summed E-state index contributed by atoms with van der Waals surface area (Å²) in [6.45, 7) is 6.64. The average molecular weight is 356 g/mol. The lowest BCUT2D eigenvalue weighted by atomic mass is 9.79. The van der Waals surface area contributed by atoms with Crippen molar-refractivity contribution < 1.29 is 9.47 Å². The van der Waals surface area contributed by atoms with Gasteiger partial charge in [-0.3, -0.25) is 9.58 Å². The zero-order valence-corrected chi connectivity index (χ0v) is 15.7. The number of aromatic nitrogens is 3. The van der Waals surface area contributed by atoms with Crippen molar-refractivity contribution >= 4 is 0 Å². The molecule has 26 heavy (non-hydrogen) atoms. The van der Waals surface area contributed by atoms with E-state index in [9.17, 15) is 0 Å². The third-order valence-electron chi connectivity index (χ3n) is 5.52. The predicted molar refractivity (Wildman–Crippen MR) is 99.0 cm³/mol. The van der Waals surface area contributed by atoms with Gasteiger partial charge in [-0.15, -0.1) is 0 Å². The molecule has 0 amide bonds. The van der Waals surface area contributed by atoms with Crippen molar-refractivity contribution in [1.82, 2.24) is 19.7 Å². The highest BCUT2D eigenvalue weighted by Gasteiger charge is 2.47. The second kappa shape index (κ2) is 7.37. The van der Waals surface area contributed by atoms with E-state index in [0.717, 1.165) is 63.7 Å².